The van der Waals surface area contributed by atoms with Crippen LogP contribution in [0, 0.1) is 0 Å². The van der Waals surface area contributed by atoms with Crippen LogP contribution < -0.4 is 5.32 Å². The van der Waals surface area contributed by atoms with E-state index in [0.717, 1.165) is 44.9 Å². The van der Waals surface area contributed by atoms with Gasteiger partial charge in [0.05, 0.1) is 25.4 Å². The van der Waals surface area contributed by atoms with Gasteiger partial charge in [-0.05, 0) is 77.0 Å². The Balaban J connectivity index is 3.31. The first-order chi connectivity index (χ1) is 38.0. The molecule has 3 N–H and O–H groups in total. The zero-order chi connectivity index (χ0) is 55.7. The van der Waals surface area contributed by atoms with Crippen molar-refractivity contribution in [1.29, 1.82) is 0 Å². The first-order valence-electron chi connectivity index (χ1n) is 35.1. The summed E-state index contributed by atoms with van der Waals surface area (Å²) in [7, 11) is 0. The zero-order valence-electron chi connectivity index (χ0n) is 52.2. The Morgan fingerprint density at radius 3 is 0.922 bits per heavy atom. The van der Waals surface area contributed by atoms with Gasteiger partial charge in [0.25, 0.3) is 0 Å². The molecule has 6 nitrogen and oxygen atoms in total. The van der Waals surface area contributed by atoms with Crippen molar-refractivity contribution < 1.29 is 24.5 Å². The van der Waals surface area contributed by atoms with Gasteiger partial charge in [0, 0.05) is 12.8 Å². The summed E-state index contributed by atoms with van der Waals surface area (Å²) in [6.07, 6.45) is 83.9. The van der Waals surface area contributed by atoms with E-state index in [4.69, 9.17) is 4.74 Å². The van der Waals surface area contributed by atoms with Crippen molar-refractivity contribution in [3.8, 4) is 0 Å². The molecule has 0 bridgehead atoms. The van der Waals surface area contributed by atoms with Crippen molar-refractivity contribution in [3.63, 3.8) is 0 Å². The smallest absolute Gasteiger partial charge is 0.305 e. The Morgan fingerprint density at radius 2 is 0.610 bits per heavy atom. The molecule has 0 saturated heterocycles. The lowest BCUT2D eigenvalue weighted by molar-refractivity contribution is -0.143. The lowest BCUT2D eigenvalue weighted by atomic mass is 10.0. The Morgan fingerprint density at radius 1 is 0.351 bits per heavy atom. The largest absolute Gasteiger partial charge is 0.466 e. The third-order valence-corrected chi connectivity index (χ3v) is 16.5. The van der Waals surface area contributed by atoms with Gasteiger partial charge in [0.1, 0.15) is 0 Å². The Bertz CT molecular complexity index is 1200. The third-order valence-electron chi connectivity index (χ3n) is 16.5. The number of allylic oxidation sites excluding steroid dienone is 4. The van der Waals surface area contributed by atoms with Crippen LogP contribution in [-0.4, -0.2) is 47.4 Å². The van der Waals surface area contributed by atoms with Gasteiger partial charge in [-0.2, -0.15) is 0 Å². The zero-order valence-corrected chi connectivity index (χ0v) is 52.2. The molecular formula is C71H137NO5. The van der Waals surface area contributed by atoms with E-state index in [1.54, 1.807) is 0 Å². The maximum Gasteiger partial charge on any atom is 0.305 e. The van der Waals surface area contributed by atoms with E-state index in [9.17, 15) is 19.8 Å². The first kappa shape index (κ1) is 75.3. The minimum absolute atomic E-state index is 0.0159. The van der Waals surface area contributed by atoms with Gasteiger partial charge in [-0.1, -0.05) is 327 Å². The number of esters is 1. The van der Waals surface area contributed by atoms with Crippen LogP contribution in [0.15, 0.2) is 24.3 Å². The summed E-state index contributed by atoms with van der Waals surface area (Å²) < 4.78 is 5.50. The molecular weight excluding hydrogens is 947 g/mol. The van der Waals surface area contributed by atoms with Gasteiger partial charge in [0.2, 0.25) is 5.91 Å². The molecule has 2 atom stereocenters. The molecule has 77 heavy (non-hydrogen) atoms. The van der Waals surface area contributed by atoms with Crippen LogP contribution in [-0.2, 0) is 14.3 Å². The number of unbranched alkanes of at least 4 members (excludes halogenated alkanes) is 51. The number of carbonyl (C=O) groups excluding carboxylic acids is 2. The van der Waals surface area contributed by atoms with Crippen LogP contribution in [0.4, 0.5) is 0 Å². The summed E-state index contributed by atoms with van der Waals surface area (Å²) in [5.74, 6) is -0.0159. The van der Waals surface area contributed by atoms with E-state index in [1.807, 2.05) is 0 Å². The van der Waals surface area contributed by atoms with Crippen LogP contribution in [0.25, 0.3) is 0 Å². The highest BCUT2D eigenvalue weighted by Gasteiger charge is 2.20. The van der Waals surface area contributed by atoms with E-state index in [0.29, 0.717) is 25.9 Å². The number of hydrogen-bond donors (Lipinski definition) is 3. The summed E-state index contributed by atoms with van der Waals surface area (Å²) in [6.45, 7) is 4.96. The summed E-state index contributed by atoms with van der Waals surface area (Å²) in [4.78, 5) is 24.5. The fourth-order valence-corrected chi connectivity index (χ4v) is 11.1. The van der Waals surface area contributed by atoms with Gasteiger partial charge < -0.3 is 20.3 Å². The highest BCUT2D eigenvalue weighted by molar-refractivity contribution is 5.76. The molecule has 456 valence electrons. The monoisotopic (exact) mass is 1080 g/mol. The minimum Gasteiger partial charge on any atom is -0.466 e. The molecule has 0 aromatic rings. The molecule has 0 aliphatic rings. The average Bonchev–Trinajstić information content (AvgIpc) is 3.43. The van der Waals surface area contributed by atoms with Crippen molar-refractivity contribution in [2.24, 2.45) is 0 Å². The lowest BCUT2D eigenvalue weighted by Gasteiger charge is -2.22. The second kappa shape index (κ2) is 66.8. The van der Waals surface area contributed by atoms with Crippen LogP contribution in [0.5, 0.6) is 0 Å². The SMILES string of the molecule is CCCCCCCC/C=C\CCCCCCCCCC(=O)OCCCCCCCCCCCCCC/C=C\CCCCCCCCCCCCCCCCCCCC(=O)NC(CO)C(O)CCCCCCCCCCCC. The molecule has 0 fully saturated rings. The quantitative estimate of drug-likeness (QED) is 0.0320. The molecule has 0 aliphatic carbocycles. The predicted octanol–water partition coefficient (Wildman–Crippen LogP) is 22.5. The summed E-state index contributed by atoms with van der Waals surface area (Å²) in [6, 6.07) is -0.537. The number of rotatable bonds is 66. The Labute approximate surface area is 481 Å². The molecule has 0 aliphatic heterocycles. The molecule has 2 unspecified atom stereocenters. The Hall–Kier alpha value is -1.66. The number of carbonyl (C=O) groups is 2. The van der Waals surface area contributed by atoms with E-state index in [1.165, 1.54) is 315 Å². The van der Waals surface area contributed by atoms with E-state index in [2.05, 4.69) is 43.5 Å². The highest BCUT2D eigenvalue weighted by Crippen LogP contribution is 2.19. The van der Waals surface area contributed by atoms with Crippen LogP contribution in [0.3, 0.4) is 0 Å². The fourth-order valence-electron chi connectivity index (χ4n) is 11.1. The molecule has 0 heterocycles. The molecule has 0 spiro atoms. The molecule has 0 aromatic heterocycles. The second-order valence-electron chi connectivity index (χ2n) is 24.2. The topological polar surface area (TPSA) is 95.9 Å². The maximum atomic E-state index is 12.4. The molecule has 0 rings (SSSR count). The van der Waals surface area contributed by atoms with Gasteiger partial charge in [0.15, 0.2) is 0 Å². The molecule has 0 aromatic carbocycles. The van der Waals surface area contributed by atoms with E-state index >= 15 is 0 Å². The van der Waals surface area contributed by atoms with Gasteiger partial charge in [-0.3, -0.25) is 9.59 Å². The highest BCUT2D eigenvalue weighted by atomic mass is 16.5. The maximum absolute atomic E-state index is 12.4. The average molecular weight is 1080 g/mol. The number of aliphatic hydroxyl groups excluding tert-OH is 2. The molecule has 0 saturated carbocycles. The first-order valence-corrected chi connectivity index (χ1v) is 35.1. The van der Waals surface area contributed by atoms with E-state index in [-0.39, 0.29) is 18.5 Å². The van der Waals surface area contributed by atoms with Crippen molar-refractivity contribution in [2.75, 3.05) is 13.2 Å². The van der Waals surface area contributed by atoms with Crippen LogP contribution >= 0.6 is 0 Å². The molecule has 6 heteroatoms. The number of hydrogen-bond acceptors (Lipinski definition) is 5. The van der Waals surface area contributed by atoms with Crippen molar-refractivity contribution in [3.05, 3.63) is 24.3 Å². The van der Waals surface area contributed by atoms with Gasteiger partial charge >= 0.3 is 5.97 Å². The van der Waals surface area contributed by atoms with Crippen molar-refractivity contribution in [2.45, 2.75) is 405 Å². The number of aliphatic hydroxyl groups is 2. The minimum atomic E-state index is -0.660. The predicted molar refractivity (Wildman–Crippen MR) is 338 cm³/mol. The van der Waals surface area contributed by atoms with Crippen molar-refractivity contribution >= 4 is 11.9 Å². The van der Waals surface area contributed by atoms with E-state index < -0.39 is 12.1 Å². The summed E-state index contributed by atoms with van der Waals surface area (Å²) in [5.41, 5.74) is 0. The standard InChI is InChI=1S/C71H137NO5/c1-3-5-7-9-11-13-15-16-17-35-39-42-45-49-53-57-61-65-71(76)77-66-62-58-54-50-46-43-40-37-34-32-30-28-26-24-22-20-18-19-21-23-25-27-29-31-33-36-38-41-44-48-52-56-60-64-70(75)72-68(67-73)69(74)63-59-55-51-47-14-12-10-8-6-4-2/h16-17,22,24,68-69,73-74H,3-15,18-21,23,25-67H2,1-2H3,(H,72,75)/b17-16-,24-22-. The normalized spacial score (nSPS) is 12.6. The molecule has 1 amide bonds. The fraction of sp³-hybridized carbons (Fsp3) is 0.915. The van der Waals surface area contributed by atoms with Crippen molar-refractivity contribution in [1.82, 2.24) is 5.32 Å². The van der Waals surface area contributed by atoms with Gasteiger partial charge in [-0.25, -0.2) is 0 Å². The Kier molecular flexibility index (Phi) is 65.4. The number of ether oxygens (including phenoxy) is 1. The van der Waals surface area contributed by atoms with Crippen LogP contribution in [0.2, 0.25) is 0 Å². The summed E-state index contributed by atoms with van der Waals surface area (Å²) >= 11 is 0. The van der Waals surface area contributed by atoms with Gasteiger partial charge in [-0.15, -0.1) is 0 Å². The van der Waals surface area contributed by atoms with Crippen LogP contribution in [0.1, 0.15) is 393 Å². The molecule has 0 radical (unpaired) electrons. The number of nitrogens with one attached hydrogen (secondary N) is 1. The second-order valence-corrected chi connectivity index (χ2v) is 24.2. The number of amides is 1. The summed E-state index contributed by atoms with van der Waals surface area (Å²) in [5, 5.41) is 23.2. The lowest BCUT2D eigenvalue weighted by Crippen LogP contribution is -2.45. The third kappa shape index (κ3) is 63.4.